The van der Waals surface area contributed by atoms with Crippen molar-refractivity contribution in [1.29, 1.82) is 0 Å². The summed E-state index contributed by atoms with van der Waals surface area (Å²) in [4.78, 5) is 0. The van der Waals surface area contributed by atoms with Crippen LogP contribution in [0.4, 0.5) is 0 Å². The van der Waals surface area contributed by atoms with E-state index in [1.165, 1.54) is 27.8 Å². The minimum Gasteiger partial charge on any atom is -0.0724 e. The SMILES string of the molecule is C[C]1C=Cc2cc3ccccc3cc21. The molecule has 0 amide bonds. The molecule has 0 heteroatoms. The molecule has 1 radical (unpaired) electrons. The van der Waals surface area contributed by atoms with Crippen LogP contribution in [-0.2, 0) is 0 Å². The van der Waals surface area contributed by atoms with Crippen molar-refractivity contribution in [3.8, 4) is 0 Å². The number of allylic oxidation sites excluding steroid dienone is 1. The van der Waals surface area contributed by atoms with E-state index in [1.807, 2.05) is 0 Å². The third-order valence-corrected chi connectivity index (χ3v) is 2.86. The van der Waals surface area contributed by atoms with E-state index >= 15 is 0 Å². The van der Waals surface area contributed by atoms with Crippen LogP contribution >= 0.6 is 0 Å². The Labute approximate surface area is 83.9 Å². The molecule has 3 rings (SSSR count). The Balaban J connectivity index is 2.36. The molecule has 14 heavy (non-hydrogen) atoms. The third-order valence-electron chi connectivity index (χ3n) is 2.86. The van der Waals surface area contributed by atoms with Crippen LogP contribution in [0.25, 0.3) is 16.8 Å². The Hall–Kier alpha value is -1.56. The zero-order valence-electron chi connectivity index (χ0n) is 8.12. The van der Waals surface area contributed by atoms with Crippen LogP contribution in [0.5, 0.6) is 0 Å². The summed E-state index contributed by atoms with van der Waals surface area (Å²) in [5.74, 6) is 1.37. The van der Waals surface area contributed by atoms with Crippen molar-refractivity contribution >= 4 is 16.8 Å². The van der Waals surface area contributed by atoms with Crippen molar-refractivity contribution in [3.63, 3.8) is 0 Å². The summed E-state index contributed by atoms with van der Waals surface area (Å²) < 4.78 is 0. The molecule has 1 aliphatic rings. The van der Waals surface area contributed by atoms with E-state index in [-0.39, 0.29) is 0 Å². The summed E-state index contributed by atoms with van der Waals surface area (Å²) in [6.45, 7) is 2.16. The first-order chi connectivity index (χ1) is 6.84. The van der Waals surface area contributed by atoms with Gasteiger partial charge in [0.1, 0.15) is 0 Å². The molecule has 2 aromatic carbocycles. The summed E-state index contributed by atoms with van der Waals surface area (Å²) in [5.41, 5.74) is 2.73. The summed E-state index contributed by atoms with van der Waals surface area (Å²) >= 11 is 0. The van der Waals surface area contributed by atoms with Crippen LogP contribution in [0.2, 0.25) is 0 Å². The normalized spacial score (nSPS) is 14.9. The summed E-state index contributed by atoms with van der Waals surface area (Å²) in [6, 6.07) is 13.0. The van der Waals surface area contributed by atoms with Crippen LogP contribution in [0.1, 0.15) is 18.1 Å². The topological polar surface area (TPSA) is 0 Å². The number of benzene rings is 2. The summed E-state index contributed by atoms with van der Waals surface area (Å²) in [6.07, 6.45) is 4.38. The first-order valence-corrected chi connectivity index (χ1v) is 4.89. The lowest BCUT2D eigenvalue weighted by Crippen LogP contribution is -1.87. The zero-order chi connectivity index (χ0) is 9.54. The van der Waals surface area contributed by atoms with Gasteiger partial charge in [-0.05, 0) is 34.0 Å². The molecule has 67 valence electrons. The molecule has 0 saturated heterocycles. The molecule has 1 aliphatic carbocycles. The summed E-state index contributed by atoms with van der Waals surface area (Å²) in [5, 5.41) is 2.65. The van der Waals surface area contributed by atoms with Crippen LogP contribution in [0.15, 0.2) is 42.5 Å². The molecule has 0 saturated carbocycles. The van der Waals surface area contributed by atoms with Gasteiger partial charge < -0.3 is 0 Å². The van der Waals surface area contributed by atoms with Crippen molar-refractivity contribution in [2.75, 3.05) is 0 Å². The molecule has 0 atom stereocenters. The molecule has 0 N–H and O–H groups in total. The van der Waals surface area contributed by atoms with E-state index in [1.54, 1.807) is 0 Å². The highest BCUT2D eigenvalue weighted by Gasteiger charge is 2.13. The average Bonchev–Trinajstić information content (AvgIpc) is 2.57. The Bertz CT molecular complexity index is 521. The monoisotopic (exact) mass is 179 g/mol. The molecule has 0 aliphatic heterocycles. The number of fused-ring (bicyclic) bond motifs is 2. The summed E-state index contributed by atoms with van der Waals surface area (Å²) in [7, 11) is 0. The van der Waals surface area contributed by atoms with Crippen molar-refractivity contribution < 1.29 is 0 Å². The fourth-order valence-electron chi connectivity index (χ4n) is 2.04. The van der Waals surface area contributed by atoms with Crippen LogP contribution in [0, 0.1) is 5.92 Å². The molecular weight excluding hydrogens is 168 g/mol. The van der Waals surface area contributed by atoms with E-state index in [0.717, 1.165) is 0 Å². The van der Waals surface area contributed by atoms with E-state index < -0.39 is 0 Å². The number of hydrogen-bond acceptors (Lipinski definition) is 0. The van der Waals surface area contributed by atoms with Gasteiger partial charge in [-0.2, -0.15) is 0 Å². The van der Waals surface area contributed by atoms with Gasteiger partial charge in [0.25, 0.3) is 0 Å². The third kappa shape index (κ3) is 1.00. The Morgan fingerprint density at radius 2 is 1.57 bits per heavy atom. The zero-order valence-corrected chi connectivity index (χ0v) is 8.12. The molecule has 2 aromatic rings. The van der Waals surface area contributed by atoms with Gasteiger partial charge in [0.15, 0.2) is 0 Å². The lowest BCUT2D eigenvalue weighted by Gasteiger charge is -2.06. The van der Waals surface area contributed by atoms with Crippen LogP contribution < -0.4 is 0 Å². The standard InChI is InChI=1S/C14H11/c1-10-6-7-13-8-11-4-2-3-5-12(11)9-14(10)13/h2-9H,1H3. The maximum absolute atomic E-state index is 2.28. The van der Waals surface area contributed by atoms with Gasteiger partial charge in [-0.1, -0.05) is 43.3 Å². The largest absolute Gasteiger partial charge is 0.0724 e. The lowest BCUT2D eigenvalue weighted by molar-refractivity contribution is 1.29. The second-order valence-corrected chi connectivity index (χ2v) is 3.80. The van der Waals surface area contributed by atoms with Crippen molar-refractivity contribution in [1.82, 2.24) is 0 Å². The van der Waals surface area contributed by atoms with E-state index in [4.69, 9.17) is 0 Å². The molecule has 0 heterocycles. The minimum absolute atomic E-state index is 1.32. The molecule has 0 spiro atoms. The van der Waals surface area contributed by atoms with Gasteiger partial charge in [0.05, 0.1) is 0 Å². The Morgan fingerprint density at radius 1 is 0.857 bits per heavy atom. The van der Waals surface area contributed by atoms with Gasteiger partial charge in [-0.15, -0.1) is 0 Å². The highest BCUT2D eigenvalue weighted by molar-refractivity contribution is 5.88. The van der Waals surface area contributed by atoms with Crippen molar-refractivity contribution in [2.24, 2.45) is 0 Å². The first kappa shape index (κ1) is 7.81. The molecule has 0 bridgehead atoms. The van der Waals surface area contributed by atoms with Gasteiger partial charge in [-0.25, -0.2) is 0 Å². The first-order valence-electron chi connectivity index (χ1n) is 4.89. The van der Waals surface area contributed by atoms with Crippen LogP contribution in [-0.4, -0.2) is 0 Å². The van der Waals surface area contributed by atoms with E-state index in [0.29, 0.717) is 0 Å². The molecule has 0 unspecified atom stereocenters. The average molecular weight is 179 g/mol. The van der Waals surface area contributed by atoms with Crippen molar-refractivity contribution in [2.45, 2.75) is 6.92 Å². The van der Waals surface area contributed by atoms with Gasteiger partial charge in [-0.3, -0.25) is 0 Å². The van der Waals surface area contributed by atoms with Gasteiger partial charge >= 0.3 is 0 Å². The van der Waals surface area contributed by atoms with Gasteiger partial charge in [0, 0.05) is 5.92 Å². The Kier molecular flexibility index (Phi) is 1.51. The quantitative estimate of drug-likeness (QED) is 0.577. The van der Waals surface area contributed by atoms with Crippen molar-refractivity contribution in [3.05, 3.63) is 59.5 Å². The second kappa shape index (κ2) is 2.71. The fraction of sp³-hybridized carbons (Fsp3) is 0.0714. The molecule has 0 fully saturated rings. The fourth-order valence-corrected chi connectivity index (χ4v) is 2.04. The highest BCUT2D eigenvalue weighted by Crippen LogP contribution is 2.32. The molecule has 0 aromatic heterocycles. The van der Waals surface area contributed by atoms with E-state index in [2.05, 4.69) is 55.5 Å². The maximum Gasteiger partial charge on any atom is 0.0242 e. The highest BCUT2D eigenvalue weighted by atomic mass is 14.2. The molecular formula is C14H11. The van der Waals surface area contributed by atoms with Gasteiger partial charge in [0.2, 0.25) is 0 Å². The van der Waals surface area contributed by atoms with E-state index in [9.17, 15) is 0 Å². The second-order valence-electron chi connectivity index (χ2n) is 3.80. The maximum atomic E-state index is 2.28. The smallest absolute Gasteiger partial charge is 0.0242 e. The Morgan fingerprint density at radius 3 is 2.36 bits per heavy atom. The number of rotatable bonds is 0. The predicted molar refractivity (Wildman–Crippen MR) is 61.0 cm³/mol. The number of hydrogen-bond donors (Lipinski definition) is 0. The molecule has 0 nitrogen and oxygen atoms in total. The lowest BCUT2D eigenvalue weighted by atomic mass is 9.98. The minimum atomic E-state index is 1.32. The van der Waals surface area contributed by atoms with Crippen LogP contribution in [0.3, 0.4) is 0 Å². The predicted octanol–water partition coefficient (Wildman–Crippen LogP) is 3.81.